The van der Waals surface area contributed by atoms with Crippen LogP contribution in [0.2, 0.25) is 5.15 Å². The third-order valence-corrected chi connectivity index (χ3v) is 4.56. The molecule has 1 fully saturated rings. The lowest BCUT2D eigenvalue weighted by Gasteiger charge is -2.32. The molecular formula is C14H20BClN2O2S. The molecule has 0 radical (unpaired) electrons. The molecule has 0 spiro atoms. The smallest absolute Gasteiger partial charge is 0.400 e. The minimum Gasteiger partial charge on any atom is -0.400 e. The molecule has 1 aliphatic heterocycles. The first kappa shape index (κ1) is 16.7. The van der Waals surface area contributed by atoms with Crippen LogP contribution in [0.3, 0.4) is 0 Å². The van der Waals surface area contributed by atoms with Crippen LogP contribution in [0.15, 0.2) is 17.6 Å². The molecule has 0 aromatic carbocycles. The molecule has 114 valence electrons. The molecule has 1 aromatic heterocycles. The van der Waals surface area contributed by atoms with Crippen molar-refractivity contribution in [2.24, 2.45) is 0 Å². The van der Waals surface area contributed by atoms with Gasteiger partial charge in [0.1, 0.15) is 5.15 Å². The van der Waals surface area contributed by atoms with Gasteiger partial charge in [-0.3, -0.25) is 0 Å². The predicted octanol–water partition coefficient (Wildman–Crippen LogP) is 3.26. The molecular weight excluding hydrogens is 306 g/mol. The van der Waals surface area contributed by atoms with Gasteiger partial charge in [0.05, 0.1) is 22.6 Å². The van der Waals surface area contributed by atoms with E-state index >= 15 is 0 Å². The van der Waals surface area contributed by atoms with Gasteiger partial charge in [-0.25, -0.2) is 4.98 Å². The second-order valence-corrected chi connectivity index (χ2v) is 6.78. The maximum absolute atomic E-state index is 6.02. The van der Waals surface area contributed by atoms with Gasteiger partial charge in [0, 0.05) is 5.75 Å². The Balaban J connectivity index is 2.33. The van der Waals surface area contributed by atoms with E-state index in [2.05, 4.69) is 17.6 Å². The number of hydrogen-bond donors (Lipinski definition) is 2. The monoisotopic (exact) mass is 326 g/mol. The molecule has 0 aliphatic carbocycles. The summed E-state index contributed by atoms with van der Waals surface area (Å²) in [4.78, 5) is 4.22. The van der Waals surface area contributed by atoms with E-state index in [9.17, 15) is 0 Å². The standard InChI is InChI=1S/C14H20BClN2O2S/c1-13(2)14(3,4)20-15(19-13)9(8-21)7-11-10(17)5-6-12(16)18-11/h5-7,21H,8,17H2,1-4H3. The molecule has 7 heteroatoms. The van der Waals surface area contributed by atoms with Crippen LogP contribution in [0.1, 0.15) is 33.4 Å². The molecule has 0 atom stereocenters. The van der Waals surface area contributed by atoms with Crippen molar-refractivity contribution in [2.75, 3.05) is 11.5 Å². The molecule has 2 rings (SSSR count). The highest BCUT2D eigenvalue weighted by molar-refractivity contribution is 7.80. The minimum atomic E-state index is -0.465. The molecule has 1 aromatic rings. The Morgan fingerprint density at radius 2 is 1.90 bits per heavy atom. The summed E-state index contributed by atoms with van der Waals surface area (Å²) in [5.74, 6) is 0.477. The molecule has 0 unspecified atom stereocenters. The highest BCUT2D eigenvalue weighted by atomic mass is 35.5. The molecule has 0 amide bonds. The average molecular weight is 327 g/mol. The summed E-state index contributed by atoms with van der Waals surface area (Å²) in [5.41, 5.74) is 7.14. The number of aromatic nitrogens is 1. The van der Waals surface area contributed by atoms with Gasteiger partial charge >= 0.3 is 7.12 Å². The summed E-state index contributed by atoms with van der Waals surface area (Å²) in [6, 6.07) is 3.38. The number of halogens is 1. The SMILES string of the molecule is CC1(C)OB(C(=Cc2nc(Cl)ccc2N)CS)OC1(C)C. The van der Waals surface area contributed by atoms with Crippen molar-refractivity contribution in [3.8, 4) is 0 Å². The highest BCUT2D eigenvalue weighted by Crippen LogP contribution is 2.39. The quantitative estimate of drug-likeness (QED) is 0.508. The van der Waals surface area contributed by atoms with Crippen LogP contribution in [0.5, 0.6) is 0 Å². The summed E-state index contributed by atoms with van der Waals surface area (Å²) in [7, 11) is -0.465. The lowest BCUT2D eigenvalue weighted by atomic mass is 9.78. The normalized spacial score (nSPS) is 20.9. The van der Waals surface area contributed by atoms with Crippen LogP contribution < -0.4 is 5.73 Å². The number of nitrogen functional groups attached to an aromatic ring is 1. The van der Waals surface area contributed by atoms with Crippen LogP contribution in [0.4, 0.5) is 5.69 Å². The van der Waals surface area contributed by atoms with E-state index in [1.165, 1.54) is 0 Å². The van der Waals surface area contributed by atoms with Gasteiger partial charge in [-0.15, -0.1) is 0 Å². The number of rotatable bonds is 3. The van der Waals surface area contributed by atoms with E-state index in [1.807, 2.05) is 33.8 Å². The Morgan fingerprint density at radius 3 is 2.43 bits per heavy atom. The number of thiol groups is 1. The molecule has 1 aliphatic rings. The van der Waals surface area contributed by atoms with Gasteiger partial charge in [-0.05, 0) is 51.4 Å². The van der Waals surface area contributed by atoms with Crippen molar-refractivity contribution in [1.82, 2.24) is 4.98 Å². The highest BCUT2D eigenvalue weighted by Gasteiger charge is 2.52. The lowest BCUT2D eigenvalue weighted by molar-refractivity contribution is 0.00578. The lowest BCUT2D eigenvalue weighted by Crippen LogP contribution is -2.41. The Morgan fingerprint density at radius 1 is 1.33 bits per heavy atom. The maximum atomic E-state index is 6.02. The van der Waals surface area contributed by atoms with Gasteiger partial charge in [-0.2, -0.15) is 12.6 Å². The fourth-order valence-corrected chi connectivity index (χ4v) is 2.33. The Kier molecular flexibility index (Phi) is 4.64. The van der Waals surface area contributed by atoms with Crippen molar-refractivity contribution in [2.45, 2.75) is 38.9 Å². The molecule has 1 saturated heterocycles. The topological polar surface area (TPSA) is 57.4 Å². The number of nitrogens with two attached hydrogens (primary N) is 1. The van der Waals surface area contributed by atoms with Crippen LogP contribution in [0, 0.1) is 0 Å². The van der Waals surface area contributed by atoms with Gasteiger partial charge in [0.15, 0.2) is 0 Å². The molecule has 0 saturated carbocycles. The van der Waals surface area contributed by atoms with Gasteiger partial charge in [0.25, 0.3) is 0 Å². The second-order valence-electron chi connectivity index (χ2n) is 6.07. The number of nitrogens with zero attached hydrogens (tertiary/aromatic N) is 1. The van der Waals surface area contributed by atoms with Crippen molar-refractivity contribution >= 4 is 43.1 Å². The van der Waals surface area contributed by atoms with Crippen LogP contribution in [0.25, 0.3) is 6.08 Å². The first-order chi connectivity index (χ1) is 9.66. The summed E-state index contributed by atoms with van der Waals surface area (Å²) < 4.78 is 12.0. The third kappa shape index (κ3) is 3.39. The van der Waals surface area contributed by atoms with E-state index in [-0.39, 0.29) is 0 Å². The zero-order valence-corrected chi connectivity index (χ0v) is 14.3. The van der Waals surface area contributed by atoms with E-state index in [0.29, 0.717) is 22.3 Å². The van der Waals surface area contributed by atoms with E-state index in [4.69, 9.17) is 26.6 Å². The van der Waals surface area contributed by atoms with Crippen molar-refractivity contribution in [3.63, 3.8) is 0 Å². The summed E-state index contributed by atoms with van der Waals surface area (Å²) >= 11 is 10.3. The number of hydrogen-bond acceptors (Lipinski definition) is 5. The molecule has 0 bridgehead atoms. The number of anilines is 1. The van der Waals surface area contributed by atoms with Gasteiger partial charge in [-0.1, -0.05) is 11.6 Å². The van der Waals surface area contributed by atoms with Crippen molar-refractivity contribution in [1.29, 1.82) is 0 Å². The zero-order valence-electron chi connectivity index (χ0n) is 12.7. The van der Waals surface area contributed by atoms with E-state index in [0.717, 1.165) is 5.47 Å². The second kappa shape index (κ2) is 5.84. The first-order valence-electron chi connectivity index (χ1n) is 6.75. The Bertz CT molecular complexity index is 562. The number of pyridine rings is 1. The predicted molar refractivity (Wildman–Crippen MR) is 91.6 cm³/mol. The van der Waals surface area contributed by atoms with Gasteiger partial charge < -0.3 is 15.0 Å². The van der Waals surface area contributed by atoms with Crippen molar-refractivity contribution < 1.29 is 9.31 Å². The first-order valence-corrected chi connectivity index (χ1v) is 7.76. The molecule has 2 N–H and O–H groups in total. The molecule has 2 heterocycles. The van der Waals surface area contributed by atoms with E-state index < -0.39 is 18.3 Å². The molecule has 21 heavy (non-hydrogen) atoms. The Hall–Kier alpha value is -0.685. The minimum absolute atomic E-state index is 0.392. The summed E-state index contributed by atoms with van der Waals surface area (Å²) in [6.07, 6.45) is 1.83. The summed E-state index contributed by atoms with van der Waals surface area (Å²) in [5, 5.41) is 0.392. The third-order valence-electron chi connectivity index (χ3n) is 3.98. The van der Waals surface area contributed by atoms with Crippen LogP contribution >= 0.6 is 24.2 Å². The fraction of sp³-hybridized carbons (Fsp3) is 0.500. The van der Waals surface area contributed by atoms with Crippen LogP contribution in [-0.4, -0.2) is 29.1 Å². The van der Waals surface area contributed by atoms with E-state index in [1.54, 1.807) is 12.1 Å². The maximum Gasteiger partial charge on any atom is 0.491 e. The van der Waals surface area contributed by atoms with Gasteiger partial charge in [0.2, 0.25) is 0 Å². The zero-order chi connectivity index (χ0) is 15.8. The van der Waals surface area contributed by atoms with Crippen molar-refractivity contribution in [3.05, 3.63) is 28.5 Å². The average Bonchev–Trinajstić information content (AvgIpc) is 2.59. The fourth-order valence-electron chi connectivity index (χ4n) is 1.93. The Labute approximate surface area is 136 Å². The largest absolute Gasteiger partial charge is 0.491 e. The van der Waals surface area contributed by atoms with Crippen LogP contribution in [-0.2, 0) is 9.31 Å². The summed E-state index contributed by atoms with van der Waals surface area (Å²) in [6.45, 7) is 8.04. The molecule has 4 nitrogen and oxygen atoms in total.